The second kappa shape index (κ2) is 12.9. The Kier molecular flexibility index (Phi) is 9.39. The van der Waals surface area contributed by atoms with Gasteiger partial charge in [-0.05, 0) is 84.8 Å². The van der Waals surface area contributed by atoms with Crippen LogP contribution in [0, 0.1) is 0 Å². The largest absolute Gasteiger partial charge is 0.494 e. The molecule has 0 radical (unpaired) electrons. The molecule has 0 heterocycles. The summed E-state index contributed by atoms with van der Waals surface area (Å²) in [6, 6.07) is 19.6. The van der Waals surface area contributed by atoms with Crippen molar-refractivity contribution in [3.63, 3.8) is 0 Å². The number of benzene rings is 3. The summed E-state index contributed by atoms with van der Waals surface area (Å²) in [5.41, 5.74) is 3.82. The van der Waals surface area contributed by atoms with Gasteiger partial charge in [0.2, 0.25) is 0 Å². The number of carbonyl (C=O) groups is 3. The van der Waals surface area contributed by atoms with Gasteiger partial charge in [0.05, 0.1) is 24.9 Å². The van der Waals surface area contributed by atoms with Crippen molar-refractivity contribution in [3.8, 4) is 11.5 Å². The molecule has 0 atom stereocenters. The van der Waals surface area contributed by atoms with E-state index in [-0.39, 0.29) is 12.5 Å². The lowest BCUT2D eigenvalue weighted by molar-refractivity contribution is -0.120. The Morgan fingerprint density at radius 3 is 2.17 bits per heavy atom. The Bertz CT molecular complexity index is 1180. The number of esters is 1. The molecule has 2 N–H and O–H groups in total. The Labute approximate surface area is 207 Å². The van der Waals surface area contributed by atoms with Crippen molar-refractivity contribution in [3.05, 3.63) is 94.5 Å². The molecule has 3 aromatic rings. The molecular formula is C26H24ClN3O5. The molecule has 0 saturated heterocycles. The predicted molar refractivity (Wildman–Crippen MR) is 133 cm³/mol. The van der Waals surface area contributed by atoms with Gasteiger partial charge in [-0.25, -0.2) is 10.2 Å². The number of ether oxygens (including phenoxy) is 2. The van der Waals surface area contributed by atoms with E-state index in [9.17, 15) is 14.4 Å². The molecule has 180 valence electrons. The van der Waals surface area contributed by atoms with Crippen LogP contribution < -0.4 is 20.2 Å². The smallest absolute Gasteiger partial charge is 0.343 e. The highest BCUT2D eigenvalue weighted by Crippen LogP contribution is 2.15. The second-order valence-electron chi connectivity index (χ2n) is 7.31. The van der Waals surface area contributed by atoms with Gasteiger partial charge in [0.1, 0.15) is 11.5 Å². The van der Waals surface area contributed by atoms with Crippen molar-refractivity contribution in [2.24, 2.45) is 5.10 Å². The van der Waals surface area contributed by atoms with Crippen molar-refractivity contribution >= 4 is 35.6 Å². The van der Waals surface area contributed by atoms with Gasteiger partial charge in [0, 0.05) is 10.6 Å². The molecule has 0 fully saturated rings. The first-order valence-corrected chi connectivity index (χ1v) is 11.2. The van der Waals surface area contributed by atoms with Crippen LogP contribution in [0.4, 0.5) is 0 Å². The summed E-state index contributed by atoms with van der Waals surface area (Å²) < 4.78 is 10.8. The lowest BCUT2D eigenvalue weighted by Gasteiger charge is -2.07. The normalized spacial score (nSPS) is 10.6. The van der Waals surface area contributed by atoms with E-state index in [2.05, 4.69) is 15.8 Å². The maximum Gasteiger partial charge on any atom is 0.343 e. The van der Waals surface area contributed by atoms with Gasteiger partial charge in [0.15, 0.2) is 0 Å². The van der Waals surface area contributed by atoms with Crippen LogP contribution in [0.3, 0.4) is 0 Å². The predicted octanol–water partition coefficient (Wildman–Crippen LogP) is 4.23. The van der Waals surface area contributed by atoms with E-state index in [0.717, 1.165) is 6.42 Å². The topological polar surface area (TPSA) is 106 Å². The molecule has 3 rings (SSSR count). The number of halogens is 1. The Balaban J connectivity index is 1.41. The van der Waals surface area contributed by atoms with E-state index in [1.807, 2.05) is 6.92 Å². The molecule has 35 heavy (non-hydrogen) atoms. The number of hydrogen-bond donors (Lipinski definition) is 2. The zero-order chi connectivity index (χ0) is 25.0. The number of amides is 2. The molecule has 9 heteroatoms. The number of hydrogen-bond acceptors (Lipinski definition) is 6. The third kappa shape index (κ3) is 8.28. The molecule has 2 amide bonds. The van der Waals surface area contributed by atoms with E-state index >= 15 is 0 Å². The quantitative estimate of drug-likeness (QED) is 0.190. The number of carbonyl (C=O) groups excluding carboxylic acids is 3. The number of hydrazone groups is 1. The lowest BCUT2D eigenvalue weighted by Crippen LogP contribution is -2.34. The molecule has 0 spiro atoms. The fourth-order valence-electron chi connectivity index (χ4n) is 2.78. The lowest BCUT2D eigenvalue weighted by atomic mass is 10.2. The van der Waals surface area contributed by atoms with Crippen molar-refractivity contribution in [1.29, 1.82) is 0 Å². The first kappa shape index (κ1) is 25.5. The molecule has 3 aromatic carbocycles. The molecule has 0 aliphatic carbocycles. The van der Waals surface area contributed by atoms with Crippen LogP contribution in [0.2, 0.25) is 5.02 Å². The summed E-state index contributed by atoms with van der Waals surface area (Å²) in [6.07, 6.45) is 2.32. The highest BCUT2D eigenvalue weighted by molar-refractivity contribution is 6.30. The zero-order valence-electron chi connectivity index (χ0n) is 19.0. The van der Waals surface area contributed by atoms with E-state index in [1.54, 1.807) is 72.8 Å². The van der Waals surface area contributed by atoms with Crippen LogP contribution in [-0.4, -0.2) is 37.1 Å². The molecule has 0 aliphatic heterocycles. The maximum atomic E-state index is 12.2. The van der Waals surface area contributed by atoms with Gasteiger partial charge in [-0.1, -0.05) is 18.5 Å². The summed E-state index contributed by atoms with van der Waals surface area (Å²) in [6.45, 7) is 2.38. The summed E-state index contributed by atoms with van der Waals surface area (Å²) in [5, 5.41) is 6.93. The minimum Gasteiger partial charge on any atom is -0.494 e. The molecule has 0 aliphatic rings. The van der Waals surface area contributed by atoms with Gasteiger partial charge in [-0.15, -0.1) is 0 Å². The standard InChI is InChI=1S/C26H24ClN3O5/c1-2-15-34-22-13-7-19(8-14-22)25(32)28-17-24(31)30-29-16-18-3-11-23(12-4-18)35-26(33)20-5-9-21(27)10-6-20/h3-14,16H,2,15,17H2,1H3,(H,28,32)(H,30,31)/b29-16-. The first-order chi connectivity index (χ1) is 16.9. The highest BCUT2D eigenvalue weighted by Gasteiger charge is 2.09. The van der Waals surface area contributed by atoms with Crippen LogP contribution in [0.1, 0.15) is 39.6 Å². The van der Waals surface area contributed by atoms with Crippen LogP contribution in [0.5, 0.6) is 11.5 Å². The third-order valence-electron chi connectivity index (χ3n) is 4.57. The van der Waals surface area contributed by atoms with Crippen molar-refractivity contribution in [2.75, 3.05) is 13.2 Å². The molecule has 0 aromatic heterocycles. The fraction of sp³-hybridized carbons (Fsp3) is 0.154. The van der Waals surface area contributed by atoms with Crippen molar-refractivity contribution in [1.82, 2.24) is 10.7 Å². The summed E-state index contributed by atoms with van der Waals surface area (Å²) >= 11 is 5.82. The summed E-state index contributed by atoms with van der Waals surface area (Å²) in [4.78, 5) is 36.3. The number of nitrogens with zero attached hydrogens (tertiary/aromatic N) is 1. The SMILES string of the molecule is CCCOc1ccc(C(=O)NCC(=O)N/N=C\c2ccc(OC(=O)c3ccc(Cl)cc3)cc2)cc1. The minimum absolute atomic E-state index is 0.232. The Morgan fingerprint density at radius 2 is 1.51 bits per heavy atom. The van der Waals surface area contributed by atoms with E-state index in [1.165, 1.54) is 6.21 Å². The summed E-state index contributed by atoms with van der Waals surface area (Å²) in [7, 11) is 0. The molecule has 0 unspecified atom stereocenters. The Morgan fingerprint density at radius 1 is 0.886 bits per heavy atom. The van der Waals surface area contributed by atoms with Crippen LogP contribution in [0.15, 0.2) is 77.9 Å². The third-order valence-corrected chi connectivity index (χ3v) is 4.82. The monoisotopic (exact) mass is 493 g/mol. The average molecular weight is 494 g/mol. The molecular weight excluding hydrogens is 470 g/mol. The van der Waals surface area contributed by atoms with Gasteiger partial charge in [-0.3, -0.25) is 9.59 Å². The van der Waals surface area contributed by atoms with Gasteiger partial charge in [0.25, 0.3) is 11.8 Å². The maximum absolute atomic E-state index is 12.2. The van der Waals surface area contributed by atoms with Gasteiger partial charge >= 0.3 is 5.97 Å². The van der Waals surface area contributed by atoms with Gasteiger partial charge < -0.3 is 14.8 Å². The van der Waals surface area contributed by atoms with E-state index in [0.29, 0.717) is 39.8 Å². The van der Waals surface area contributed by atoms with Crippen LogP contribution in [-0.2, 0) is 4.79 Å². The first-order valence-electron chi connectivity index (χ1n) is 10.9. The van der Waals surface area contributed by atoms with Crippen LogP contribution in [0.25, 0.3) is 0 Å². The summed E-state index contributed by atoms with van der Waals surface area (Å²) in [5.74, 6) is -0.318. The zero-order valence-corrected chi connectivity index (χ0v) is 19.7. The van der Waals surface area contributed by atoms with Crippen molar-refractivity contribution < 1.29 is 23.9 Å². The number of rotatable bonds is 10. The highest BCUT2D eigenvalue weighted by atomic mass is 35.5. The fourth-order valence-corrected chi connectivity index (χ4v) is 2.90. The van der Waals surface area contributed by atoms with Crippen LogP contribution >= 0.6 is 11.6 Å². The van der Waals surface area contributed by atoms with E-state index in [4.69, 9.17) is 21.1 Å². The van der Waals surface area contributed by atoms with E-state index < -0.39 is 11.9 Å². The average Bonchev–Trinajstić information content (AvgIpc) is 2.87. The second-order valence-corrected chi connectivity index (χ2v) is 7.75. The van der Waals surface area contributed by atoms with Gasteiger partial charge in [-0.2, -0.15) is 5.10 Å². The number of nitrogens with one attached hydrogen (secondary N) is 2. The Hall–Kier alpha value is -4.17. The molecule has 0 saturated carbocycles. The molecule has 0 bridgehead atoms. The van der Waals surface area contributed by atoms with Crippen molar-refractivity contribution in [2.45, 2.75) is 13.3 Å². The molecule has 8 nitrogen and oxygen atoms in total. The minimum atomic E-state index is -0.502.